The van der Waals surface area contributed by atoms with Crippen molar-refractivity contribution in [1.29, 1.82) is 0 Å². The first-order valence-corrected chi connectivity index (χ1v) is 4.44. The molecule has 0 radical (unpaired) electrons. The van der Waals surface area contributed by atoms with Crippen LogP contribution >= 0.6 is 0 Å². The molecule has 0 heterocycles. The van der Waals surface area contributed by atoms with Gasteiger partial charge in [-0.25, -0.2) is 0 Å². The minimum absolute atomic E-state index is 0.0897. The second kappa shape index (κ2) is 16.8. The summed E-state index contributed by atoms with van der Waals surface area (Å²) in [5, 5.41) is 0. The van der Waals surface area contributed by atoms with Crippen molar-refractivity contribution in [1.82, 2.24) is 0 Å². The number of rotatable bonds is 3. The first-order chi connectivity index (χ1) is 5.68. The van der Waals surface area contributed by atoms with Crippen LogP contribution in [-0.2, 0) is 4.79 Å². The van der Waals surface area contributed by atoms with Gasteiger partial charge in [0.1, 0.15) is 5.78 Å². The fourth-order valence-corrected chi connectivity index (χ4v) is 0.514. The van der Waals surface area contributed by atoms with Crippen LogP contribution in [0.15, 0.2) is 13.2 Å². The van der Waals surface area contributed by atoms with E-state index >= 15 is 0 Å². The zero-order valence-electron chi connectivity index (χ0n) is 8.89. The molecule has 0 aliphatic heterocycles. The number of carbonyl (C=O) groups excluding carboxylic acids is 1. The van der Waals surface area contributed by atoms with Crippen LogP contribution in [0.25, 0.3) is 0 Å². The van der Waals surface area contributed by atoms with E-state index in [-0.39, 0.29) is 11.8 Å². The normalized spacial score (nSPS) is 9.75. The van der Waals surface area contributed by atoms with Gasteiger partial charge in [0.05, 0.1) is 6.04 Å². The fourth-order valence-electron chi connectivity index (χ4n) is 0.514. The summed E-state index contributed by atoms with van der Waals surface area (Å²) in [5.74, 6) is 0.0897. The van der Waals surface area contributed by atoms with E-state index in [1.165, 1.54) is 6.92 Å². The summed E-state index contributed by atoms with van der Waals surface area (Å²) in [6, 6.07) is -0.222. The second-order valence-electron chi connectivity index (χ2n) is 2.01. The van der Waals surface area contributed by atoms with Crippen molar-refractivity contribution in [3.63, 3.8) is 0 Å². The minimum atomic E-state index is -0.222. The van der Waals surface area contributed by atoms with Crippen molar-refractivity contribution in [2.45, 2.75) is 46.6 Å². The highest BCUT2D eigenvalue weighted by molar-refractivity contribution is 5.80. The Morgan fingerprint density at radius 2 is 1.75 bits per heavy atom. The monoisotopic (exact) mass is 173 g/mol. The van der Waals surface area contributed by atoms with E-state index in [1.54, 1.807) is 0 Å². The SMILES string of the molecule is C=C.CC.CCCC(N)C(C)=O. The van der Waals surface area contributed by atoms with Gasteiger partial charge in [0.2, 0.25) is 0 Å². The smallest absolute Gasteiger partial charge is 0.146 e. The molecular formula is C10H23NO. The molecule has 2 heteroatoms. The molecule has 0 saturated heterocycles. The molecule has 0 bridgehead atoms. The Morgan fingerprint density at radius 1 is 1.42 bits per heavy atom. The lowest BCUT2D eigenvalue weighted by Crippen LogP contribution is -2.27. The Balaban J connectivity index is -0.000000175. The van der Waals surface area contributed by atoms with E-state index in [0.717, 1.165) is 12.8 Å². The minimum Gasteiger partial charge on any atom is -0.322 e. The maximum Gasteiger partial charge on any atom is 0.146 e. The van der Waals surface area contributed by atoms with E-state index < -0.39 is 0 Å². The van der Waals surface area contributed by atoms with E-state index in [2.05, 4.69) is 13.2 Å². The third-order valence-corrected chi connectivity index (χ3v) is 1.12. The molecule has 1 atom stereocenters. The van der Waals surface area contributed by atoms with Crippen LogP contribution in [0.5, 0.6) is 0 Å². The van der Waals surface area contributed by atoms with Gasteiger partial charge in [0, 0.05) is 0 Å². The van der Waals surface area contributed by atoms with Crippen molar-refractivity contribution in [2.24, 2.45) is 5.73 Å². The average molecular weight is 173 g/mol. The molecule has 0 aliphatic carbocycles. The molecule has 0 aromatic heterocycles. The van der Waals surface area contributed by atoms with Crippen LogP contribution in [-0.4, -0.2) is 11.8 Å². The van der Waals surface area contributed by atoms with Gasteiger partial charge < -0.3 is 5.73 Å². The number of ketones is 1. The Labute approximate surface area is 76.8 Å². The van der Waals surface area contributed by atoms with Crippen LogP contribution in [0.3, 0.4) is 0 Å². The van der Waals surface area contributed by atoms with E-state index in [0.29, 0.717) is 0 Å². The molecule has 74 valence electrons. The largest absolute Gasteiger partial charge is 0.322 e. The van der Waals surface area contributed by atoms with Crippen LogP contribution in [0.2, 0.25) is 0 Å². The number of nitrogens with two attached hydrogens (primary N) is 1. The van der Waals surface area contributed by atoms with Gasteiger partial charge >= 0.3 is 0 Å². The topological polar surface area (TPSA) is 43.1 Å². The molecule has 2 nitrogen and oxygen atoms in total. The summed E-state index contributed by atoms with van der Waals surface area (Å²) in [6.07, 6.45) is 1.80. The standard InChI is InChI=1S/C6H13NO.C2H6.C2H4/c1-3-4-6(7)5(2)8;2*1-2/h6H,3-4,7H2,1-2H3;1-2H3;1-2H2. The Hall–Kier alpha value is -0.630. The van der Waals surface area contributed by atoms with Crippen molar-refractivity contribution in [3.8, 4) is 0 Å². The van der Waals surface area contributed by atoms with E-state index in [4.69, 9.17) is 5.73 Å². The van der Waals surface area contributed by atoms with E-state index in [1.807, 2.05) is 20.8 Å². The lowest BCUT2D eigenvalue weighted by Gasteiger charge is -2.02. The maximum absolute atomic E-state index is 10.4. The zero-order chi connectivity index (χ0) is 10.6. The van der Waals surface area contributed by atoms with E-state index in [9.17, 15) is 4.79 Å². The van der Waals surface area contributed by atoms with Crippen LogP contribution in [0.4, 0.5) is 0 Å². The lowest BCUT2D eigenvalue weighted by atomic mass is 10.1. The molecule has 2 N–H and O–H groups in total. The number of Topliss-reactive ketones (excluding diaryl/α,β-unsaturated/α-hetero) is 1. The summed E-state index contributed by atoms with van der Waals surface area (Å²) < 4.78 is 0. The molecule has 0 amide bonds. The summed E-state index contributed by atoms with van der Waals surface area (Å²) >= 11 is 0. The van der Waals surface area contributed by atoms with Crippen LogP contribution < -0.4 is 5.73 Å². The van der Waals surface area contributed by atoms with Crippen molar-refractivity contribution in [3.05, 3.63) is 13.2 Å². The molecule has 1 unspecified atom stereocenters. The first-order valence-electron chi connectivity index (χ1n) is 4.44. The highest BCUT2D eigenvalue weighted by atomic mass is 16.1. The van der Waals surface area contributed by atoms with Gasteiger partial charge in [-0.05, 0) is 13.3 Å². The Bertz CT molecular complexity index is 91.8. The highest BCUT2D eigenvalue weighted by Crippen LogP contribution is 1.92. The Morgan fingerprint density at radius 3 is 1.83 bits per heavy atom. The summed E-state index contributed by atoms with van der Waals surface area (Å²) in [6.45, 7) is 13.5. The molecule has 0 aromatic rings. The summed E-state index contributed by atoms with van der Waals surface area (Å²) in [5.41, 5.74) is 5.38. The molecule has 0 fully saturated rings. The molecule has 0 saturated carbocycles. The summed E-state index contributed by atoms with van der Waals surface area (Å²) in [7, 11) is 0. The third-order valence-electron chi connectivity index (χ3n) is 1.12. The van der Waals surface area contributed by atoms with Crippen molar-refractivity contribution < 1.29 is 4.79 Å². The van der Waals surface area contributed by atoms with Gasteiger partial charge in [-0.15, -0.1) is 13.2 Å². The highest BCUT2D eigenvalue weighted by Gasteiger charge is 2.03. The Kier molecular flexibility index (Phi) is 24.4. The second-order valence-corrected chi connectivity index (χ2v) is 2.01. The quantitative estimate of drug-likeness (QED) is 0.666. The summed E-state index contributed by atoms with van der Waals surface area (Å²) in [4.78, 5) is 10.4. The predicted molar refractivity (Wildman–Crippen MR) is 56.2 cm³/mol. The molecular weight excluding hydrogens is 150 g/mol. The molecule has 0 aliphatic rings. The lowest BCUT2D eigenvalue weighted by molar-refractivity contribution is -0.118. The van der Waals surface area contributed by atoms with Gasteiger partial charge in [-0.3, -0.25) is 4.79 Å². The maximum atomic E-state index is 10.4. The van der Waals surface area contributed by atoms with Crippen molar-refractivity contribution >= 4 is 5.78 Å². The molecule has 0 aromatic carbocycles. The third kappa shape index (κ3) is 16.2. The van der Waals surface area contributed by atoms with Gasteiger partial charge in [-0.2, -0.15) is 0 Å². The number of hydrogen-bond acceptors (Lipinski definition) is 2. The zero-order valence-corrected chi connectivity index (χ0v) is 8.89. The van der Waals surface area contributed by atoms with Gasteiger partial charge in [0.25, 0.3) is 0 Å². The predicted octanol–water partition coefficient (Wildman–Crippen LogP) is 2.53. The van der Waals surface area contributed by atoms with Crippen molar-refractivity contribution in [2.75, 3.05) is 0 Å². The molecule has 12 heavy (non-hydrogen) atoms. The number of hydrogen-bond donors (Lipinski definition) is 1. The van der Waals surface area contributed by atoms with Crippen LogP contribution in [0, 0.1) is 0 Å². The first kappa shape index (κ1) is 17.5. The average Bonchev–Trinajstić information content (AvgIpc) is 2.12. The van der Waals surface area contributed by atoms with Crippen LogP contribution in [0.1, 0.15) is 40.5 Å². The molecule has 0 spiro atoms. The molecule has 0 rings (SSSR count). The fraction of sp³-hybridized carbons (Fsp3) is 0.700. The number of carbonyl (C=O) groups is 1. The van der Waals surface area contributed by atoms with Gasteiger partial charge in [-0.1, -0.05) is 27.2 Å². The van der Waals surface area contributed by atoms with Gasteiger partial charge in [0.15, 0.2) is 0 Å².